The van der Waals surface area contributed by atoms with Crippen LogP contribution in [0.5, 0.6) is 0 Å². The number of hydrogen-bond donors (Lipinski definition) is 1. The maximum atomic E-state index is 6.26. The molecule has 0 aromatic heterocycles. The highest BCUT2D eigenvalue weighted by Gasteiger charge is 2.07. The molecule has 0 aliphatic carbocycles. The molecule has 1 rings (SSSR count). The summed E-state index contributed by atoms with van der Waals surface area (Å²) in [7, 11) is 3.70. The Morgan fingerprint density at radius 2 is 2.18 bits per heavy atom. The van der Waals surface area contributed by atoms with Crippen LogP contribution in [0.2, 0.25) is 5.02 Å². The summed E-state index contributed by atoms with van der Waals surface area (Å²) in [6, 6.07) is 6.26. The van der Waals surface area contributed by atoms with Gasteiger partial charge >= 0.3 is 0 Å². The van der Waals surface area contributed by atoms with Crippen molar-refractivity contribution in [2.24, 2.45) is 5.73 Å². The zero-order valence-corrected chi connectivity index (χ0v) is 11.5. The van der Waals surface area contributed by atoms with Crippen LogP contribution < -0.4 is 10.6 Å². The van der Waals surface area contributed by atoms with Crippen molar-refractivity contribution in [2.45, 2.75) is 19.4 Å². The first kappa shape index (κ1) is 14.3. The summed E-state index contributed by atoms with van der Waals surface area (Å²) in [5.74, 6) is 0. The van der Waals surface area contributed by atoms with Crippen LogP contribution in [0.1, 0.15) is 12.5 Å². The lowest BCUT2D eigenvalue weighted by Crippen LogP contribution is -2.22. The van der Waals surface area contributed by atoms with Gasteiger partial charge in [0.05, 0.1) is 17.3 Å². The number of nitrogens with two attached hydrogens (primary N) is 1. The minimum Gasteiger partial charge on any atom is -0.383 e. The molecule has 96 valence electrons. The summed E-state index contributed by atoms with van der Waals surface area (Å²) in [5, 5.41) is 0.766. The van der Waals surface area contributed by atoms with Crippen molar-refractivity contribution in [3.8, 4) is 0 Å². The first-order valence-corrected chi connectivity index (χ1v) is 6.16. The third-order valence-electron chi connectivity index (χ3n) is 2.61. The SMILES string of the molecule is COCCN(C)c1ccc(CC(C)N)cc1Cl. The summed E-state index contributed by atoms with van der Waals surface area (Å²) in [5.41, 5.74) is 7.97. The molecule has 0 spiro atoms. The fourth-order valence-electron chi connectivity index (χ4n) is 1.71. The van der Waals surface area contributed by atoms with Crippen LogP contribution in [0.3, 0.4) is 0 Å². The number of hydrogen-bond acceptors (Lipinski definition) is 3. The maximum absolute atomic E-state index is 6.26. The number of rotatable bonds is 6. The Morgan fingerprint density at radius 1 is 1.47 bits per heavy atom. The van der Waals surface area contributed by atoms with Gasteiger partial charge in [-0.1, -0.05) is 17.7 Å². The Hall–Kier alpha value is -0.770. The number of methoxy groups -OCH3 is 1. The van der Waals surface area contributed by atoms with Gasteiger partial charge in [-0.3, -0.25) is 0 Å². The zero-order valence-electron chi connectivity index (χ0n) is 10.7. The van der Waals surface area contributed by atoms with Gasteiger partial charge in [-0.25, -0.2) is 0 Å². The van der Waals surface area contributed by atoms with Crippen molar-refractivity contribution >= 4 is 17.3 Å². The van der Waals surface area contributed by atoms with E-state index in [1.54, 1.807) is 7.11 Å². The molecule has 17 heavy (non-hydrogen) atoms. The summed E-state index contributed by atoms with van der Waals surface area (Å²) < 4.78 is 5.05. The average Bonchev–Trinajstić information content (AvgIpc) is 2.25. The average molecular weight is 257 g/mol. The number of likely N-dealkylation sites (N-methyl/N-ethyl adjacent to an activating group) is 1. The van der Waals surface area contributed by atoms with Crippen LogP contribution in [-0.2, 0) is 11.2 Å². The van der Waals surface area contributed by atoms with Gasteiger partial charge in [-0.05, 0) is 31.0 Å². The van der Waals surface area contributed by atoms with Crippen molar-refractivity contribution in [3.05, 3.63) is 28.8 Å². The molecular formula is C13H21ClN2O. The van der Waals surface area contributed by atoms with E-state index in [0.29, 0.717) is 6.61 Å². The van der Waals surface area contributed by atoms with Gasteiger partial charge in [0.25, 0.3) is 0 Å². The first-order chi connectivity index (χ1) is 8.04. The topological polar surface area (TPSA) is 38.5 Å². The van der Waals surface area contributed by atoms with E-state index in [9.17, 15) is 0 Å². The lowest BCUT2D eigenvalue weighted by atomic mass is 10.1. The molecule has 0 aliphatic heterocycles. The molecule has 2 N–H and O–H groups in total. The van der Waals surface area contributed by atoms with Crippen molar-refractivity contribution in [2.75, 3.05) is 32.2 Å². The normalized spacial score (nSPS) is 12.5. The van der Waals surface area contributed by atoms with E-state index >= 15 is 0 Å². The van der Waals surface area contributed by atoms with Crippen LogP contribution in [-0.4, -0.2) is 33.4 Å². The Morgan fingerprint density at radius 3 is 2.71 bits per heavy atom. The van der Waals surface area contributed by atoms with Crippen LogP contribution >= 0.6 is 11.6 Å². The number of anilines is 1. The molecule has 0 radical (unpaired) electrons. The number of halogens is 1. The summed E-state index contributed by atoms with van der Waals surface area (Å²) in [4.78, 5) is 2.08. The highest BCUT2D eigenvalue weighted by atomic mass is 35.5. The smallest absolute Gasteiger partial charge is 0.0642 e. The van der Waals surface area contributed by atoms with E-state index in [0.717, 1.165) is 23.7 Å². The van der Waals surface area contributed by atoms with E-state index in [-0.39, 0.29) is 6.04 Å². The molecule has 0 fully saturated rings. The molecule has 0 bridgehead atoms. The molecule has 1 unspecified atom stereocenters. The second kappa shape index (κ2) is 6.84. The maximum Gasteiger partial charge on any atom is 0.0642 e. The summed E-state index contributed by atoms with van der Waals surface area (Å²) >= 11 is 6.26. The fourth-order valence-corrected chi connectivity index (χ4v) is 2.05. The van der Waals surface area contributed by atoms with E-state index in [4.69, 9.17) is 22.1 Å². The molecule has 0 amide bonds. The summed E-state index contributed by atoms with van der Waals surface area (Å²) in [6.07, 6.45) is 0.849. The van der Waals surface area contributed by atoms with Crippen LogP contribution in [0.25, 0.3) is 0 Å². The Bertz CT molecular complexity index is 355. The first-order valence-electron chi connectivity index (χ1n) is 5.78. The predicted molar refractivity (Wildman–Crippen MR) is 74.0 cm³/mol. The van der Waals surface area contributed by atoms with Crippen molar-refractivity contribution in [1.29, 1.82) is 0 Å². The second-order valence-corrected chi connectivity index (χ2v) is 4.79. The van der Waals surface area contributed by atoms with Gasteiger partial charge in [0.15, 0.2) is 0 Å². The summed E-state index contributed by atoms with van der Waals surface area (Å²) in [6.45, 7) is 3.50. The third kappa shape index (κ3) is 4.54. The van der Waals surface area contributed by atoms with Gasteiger partial charge in [-0.15, -0.1) is 0 Å². The van der Waals surface area contributed by atoms with Gasteiger partial charge in [-0.2, -0.15) is 0 Å². The van der Waals surface area contributed by atoms with E-state index in [2.05, 4.69) is 11.0 Å². The van der Waals surface area contributed by atoms with Crippen LogP contribution in [0.15, 0.2) is 18.2 Å². The quantitative estimate of drug-likeness (QED) is 0.849. The highest BCUT2D eigenvalue weighted by Crippen LogP contribution is 2.26. The molecule has 1 atom stereocenters. The number of benzene rings is 1. The van der Waals surface area contributed by atoms with E-state index in [1.165, 1.54) is 5.56 Å². The molecule has 0 heterocycles. The Kier molecular flexibility index (Phi) is 5.75. The molecule has 0 saturated heterocycles. The molecule has 0 aliphatic rings. The largest absolute Gasteiger partial charge is 0.383 e. The Labute approximate surface area is 109 Å². The van der Waals surface area contributed by atoms with Gasteiger partial charge in [0.1, 0.15) is 0 Å². The van der Waals surface area contributed by atoms with Crippen LogP contribution in [0, 0.1) is 0 Å². The van der Waals surface area contributed by atoms with E-state index < -0.39 is 0 Å². The lowest BCUT2D eigenvalue weighted by molar-refractivity contribution is 0.206. The number of nitrogens with zero attached hydrogens (tertiary/aromatic N) is 1. The van der Waals surface area contributed by atoms with E-state index in [1.807, 2.05) is 26.1 Å². The third-order valence-corrected chi connectivity index (χ3v) is 2.91. The molecule has 4 heteroatoms. The second-order valence-electron chi connectivity index (χ2n) is 4.38. The molecule has 3 nitrogen and oxygen atoms in total. The van der Waals surface area contributed by atoms with Gasteiger partial charge in [0, 0.05) is 26.7 Å². The predicted octanol–water partition coefficient (Wildman–Crippen LogP) is 2.31. The van der Waals surface area contributed by atoms with Crippen molar-refractivity contribution in [3.63, 3.8) is 0 Å². The molecule has 1 aromatic rings. The van der Waals surface area contributed by atoms with Crippen molar-refractivity contribution < 1.29 is 4.74 Å². The molecule has 1 aromatic carbocycles. The van der Waals surface area contributed by atoms with Gasteiger partial charge in [0.2, 0.25) is 0 Å². The monoisotopic (exact) mass is 256 g/mol. The minimum absolute atomic E-state index is 0.156. The Balaban J connectivity index is 2.74. The van der Waals surface area contributed by atoms with Crippen molar-refractivity contribution in [1.82, 2.24) is 0 Å². The molecular weight excluding hydrogens is 236 g/mol. The molecule has 0 saturated carbocycles. The lowest BCUT2D eigenvalue weighted by Gasteiger charge is -2.20. The minimum atomic E-state index is 0.156. The fraction of sp³-hybridized carbons (Fsp3) is 0.538. The zero-order chi connectivity index (χ0) is 12.8. The highest BCUT2D eigenvalue weighted by molar-refractivity contribution is 6.33. The van der Waals surface area contributed by atoms with Crippen LogP contribution in [0.4, 0.5) is 5.69 Å². The number of ether oxygens (including phenoxy) is 1. The van der Waals surface area contributed by atoms with Gasteiger partial charge < -0.3 is 15.4 Å². The standard InChI is InChI=1S/C13H21ClN2O/c1-10(15)8-11-4-5-13(12(14)9-11)16(2)6-7-17-3/h4-5,9-10H,6-8,15H2,1-3H3.